The maximum Gasteiger partial charge on any atom is 0.223 e. The molecule has 1 aromatic rings. The first-order valence-electron chi connectivity index (χ1n) is 7.08. The van der Waals surface area contributed by atoms with Gasteiger partial charge in [0.05, 0.1) is 12.2 Å². The number of aliphatic hydroxyl groups is 3. The molecule has 1 fully saturated rings. The highest BCUT2D eigenvalue weighted by Gasteiger charge is 2.46. The predicted octanol–water partition coefficient (Wildman–Crippen LogP) is -1.18. The Morgan fingerprint density at radius 3 is 2.65 bits per heavy atom. The zero-order valence-corrected chi connectivity index (χ0v) is 12.5. The number of rotatable bonds is 5. The van der Waals surface area contributed by atoms with E-state index in [-0.39, 0.29) is 11.3 Å². The number of aliphatic hydroxyl groups excluding tert-OH is 3. The summed E-state index contributed by atoms with van der Waals surface area (Å²) in [6.45, 7) is 0.702. The molecule has 23 heavy (non-hydrogen) atoms. The number of carbonyl (C=O) groups excluding carboxylic acids is 2. The summed E-state index contributed by atoms with van der Waals surface area (Å²) in [6.07, 6.45) is -4.46. The SMILES string of the molecule is CC(=O)N[C@@H]1[C@@H](Oc2ccccc2C=O)O[C@H](CO)[C@H](O)[C@@H]1O. The monoisotopic (exact) mass is 325 g/mol. The van der Waals surface area contributed by atoms with Crippen molar-refractivity contribution in [3.05, 3.63) is 29.8 Å². The highest BCUT2D eigenvalue weighted by Crippen LogP contribution is 2.26. The van der Waals surface area contributed by atoms with E-state index in [1.165, 1.54) is 19.1 Å². The van der Waals surface area contributed by atoms with Gasteiger partial charge in [-0.25, -0.2) is 0 Å². The summed E-state index contributed by atoms with van der Waals surface area (Å²) in [5.74, 6) is -0.257. The van der Waals surface area contributed by atoms with Crippen LogP contribution in [0.2, 0.25) is 0 Å². The van der Waals surface area contributed by atoms with Crippen molar-refractivity contribution in [3.8, 4) is 5.75 Å². The van der Waals surface area contributed by atoms with E-state index in [2.05, 4.69) is 5.32 Å². The first kappa shape index (κ1) is 17.4. The van der Waals surface area contributed by atoms with Gasteiger partial charge in [-0.3, -0.25) is 9.59 Å². The summed E-state index contributed by atoms with van der Waals surface area (Å²) < 4.78 is 11.0. The Bertz CT molecular complexity index is 565. The van der Waals surface area contributed by atoms with E-state index in [0.717, 1.165) is 0 Å². The molecule has 0 saturated carbocycles. The van der Waals surface area contributed by atoms with Gasteiger partial charge in [-0.1, -0.05) is 12.1 Å². The number of nitrogens with one attached hydrogen (secondary N) is 1. The number of amides is 1. The summed E-state index contributed by atoms with van der Waals surface area (Å²) in [7, 11) is 0. The first-order valence-corrected chi connectivity index (χ1v) is 7.08. The van der Waals surface area contributed by atoms with Crippen LogP contribution in [0.25, 0.3) is 0 Å². The number of aldehydes is 1. The van der Waals surface area contributed by atoms with E-state index in [4.69, 9.17) is 9.47 Å². The zero-order valence-electron chi connectivity index (χ0n) is 12.5. The summed E-state index contributed by atoms with van der Waals surface area (Å²) in [6, 6.07) is 5.30. The molecule has 0 unspecified atom stereocenters. The predicted molar refractivity (Wildman–Crippen MR) is 77.8 cm³/mol. The van der Waals surface area contributed by atoms with Gasteiger partial charge in [-0.2, -0.15) is 0 Å². The van der Waals surface area contributed by atoms with Crippen molar-refractivity contribution < 1.29 is 34.4 Å². The second-order valence-corrected chi connectivity index (χ2v) is 5.21. The highest BCUT2D eigenvalue weighted by molar-refractivity contribution is 5.79. The van der Waals surface area contributed by atoms with Gasteiger partial charge in [0, 0.05) is 6.92 Å². The second-order valence-electron chi connectivity index (χ2n) is 5.21. The number of benzene rings is 1. The average Bonchev–Trinajstić information content (AvgIpc) is 2.54. The summed E-state index contributed by atoms with van der Waals surface area (Å²) >= 11 is 0. The Kier molecular flexibility index (Phi) is 5.67. The number of ether oxygens (including phenoxy) is 2. The quantitative estimate of drug-likeness (QED) is 0.502. The van der Waals surface area contributed by atoms with Crippen molar-refractivity contribution in [2.24, 2.45) is 0 Å². The largest absolute Gasteiger partial charge is 0.462 e. The number of para-hydroxylation sites is 1. The summed E-state index contributed by atoms with van der Waals surface area (Å²) in [4.78, 5) is 22.4. The van der Waals surface area contributed by atoms with Crippen molar-refractivity contribution in [2.75, 3.05) is 6.61 Å². The van der Waals surface area contributed by atoms with Crippen LogP contribution < -0.4 is 10.1 Å². The summed E-state index contributed by atoms with van der Waals surface area (Å²) in [5, 5.41) is 31.7. The average molecular weight is 325 g/mol. The van der Waals surface area contributed by atoms with Gasteiger partial charge in [0.1, 0.15) is 30.1 Å². The molecular formula is C15H19NO7. The lowest BCUT2D eigenvalue weighted by molar-refractivity contribution is -0.244. The van der Waals surface area contributed by atoms with Crippen molar-refractivity contribution in [2.45, 2.75) is 37.6 Å². The molecule has 1 saturated heterocycles. The van der Waals surface area contributed by atoms with E-state index in [1.807, 2.05) is 0 Å². The van der Waals surface area contributed by atoms with Crippen LogP contribution in [-0.2, 0) is 9.53 Å². The Hall–Kier alpha value is -2.00. The fourth-order valence-corrected chi connectivity index (χ4v) is 2.38. The van der Waals surface area contributed by atoms with Gasteiger partial charge in [0.15, 0.2) is 6.29 Å². The van der Waals surface area contributed by atoms with Crippen LogP contribution >= 0.6 is 0 Å². The van der Waals surface area contributed by atoms with Crippen LogP contribution in [0, 0.1) is 0 Å². The van der Waals surface area contributed by atoms with E-state index in [0.29, 0.717) is 6.29 Å². The van der Waals surface area contributed by atoms with Crippen LogP contribution in [0.3, 0.4) is 0 Å². The molecular weight excluding hydrogens is 306 g/mol. The van der Waals surface area contributed by atoms with Crippen molar-refractivity contribution in [1.29, 1.82) is 0 Å². The molecule has 1 aromatic carbocycles. The van der Waals surface area contributed by atoms with E-state index >= 15 is 0 Å². The minimum atomic E-state index is -1.40. The molecule has 0 spiro atoms. The van der Waals surface area contributed by atoms with Gasteiger partial charge in [-0.15, -0.1) is 0 Å². The van der Waals surface area contributed by atoms with Crippen molar-refractivity contribution >= 4 is 12.2 Å². The summed E-state index contributed by atoms with van der Waals surface area (Å²) in [5.41, 5.74) is 0.263. The van der Waals surface area contributed by atoms with Crippen molar-refractivity contribution in [1.82, 2.24) is 5.32 Å². The van der Waals surface area contributed by atoms with Gasteiger partial charge in [0.2, 0.25) is 12.2 Å². The Morgan fingerprint density at radius 1 is 1.35 bits per heavy atom. The van der Waals surface area contributed by atoms with E-state index in [9.17, 15) is 24.9 Å². The zero-order chi connectivity index (χ0) is 17.0. The molecule has 8 nitrogen and oxygen atoms in total. The molecule has 4 N–H and O–H groups in total. The van der Waals surface area contributed by atoms with Gasteiger partial charge < -0.3 is 30.1 Å². The van der Waals surface area contributed by atoms with Crippen LogP contribution in [0.15, 0.2) is 24.3 Å². The maximum atomic E-state index is 11.3. The van der Waals surface area contributed by atoms with Crippen LogP contribution in [-0.4, -0.2) is 64.8 Å². The normalized spacial score (nSPS) is 30.5. The fourth-order valence-electron chi connectivity index (χ4n) is 2.38. The number of carbonyl (C=O) groups is 2. The lowest BCUT2D eigenvalue weighted by Crippen LogP contribution is -2.65. The third-order valence-electron chi connectivity index (χ3n) is 3.54. The molecule has 0 bridgehead atoms. The first-order chi connectivity index (χ1) is 11.0. The molecule has 1 aliphatic heterocycles. The standard InChI is InChI=1S/C15H19NO7/c1-8(19)16-12-14(21)13(20)11(7-18)23-15(12)22-10-5-3-2-4-9(10)6-17/h2-6,11-15,18,20-21H,7H2,1H3,(H,16,19)/t11-,12+,13+,14-,15+/m1/s1. The van der Waals surface area contributed by atoms with E-state index in [1.54, 1.807) is 12.1 Å². The Labute approximate surface area is 132 Å². The van der Waals surface area contributed by atoms with E-state index < -0.39 is 43.2 Å². The minimum absolute atomic E-state index is 0.197. The molecule has 1 amide bonds. The van der Waals surface area contributed by atoms with Crippen LogP contribution in [0.4, 0.5) is 0 Å². The minimum Gasteiger partial charge on any atom is -0.462 e. The molecule has 0 aromatic heterocycles. The lowest BCUT2D eigenvalue weighted by atomic mass is 9.97. The van der Waals surface area contributed by atoms with Gasteiger partial charge >= 0.3 is 0 Å². The fraction of sp³-hybridized carbons (Fsp3) is 0.467. The number of hydrogen-bond acceptors (Lipinski definition) is 7. The third kappa shape index (κ3) is 3.85. The van der Waals surface area contributed by atoms with Gasteiger partial charge in [-0.05, 0) is 12.1 Å². The molecule has 0 radical (unpaired) electrons. The molecule has 2 rings (SSSR count). The molecule has 5 atom stereocenters. The van der Waals surface area contributed by atoms with Crippen LogP contribution in [0.1, 0.15) is 17.3 Å². The highest BCUT2D eigenvalue weighted by atomic mass is 16.7. The number of hydrogen-bond donors (Lipinski definition) is 4. The molecule has 1 heterocycles. The molecule has 126 valence electrons. The Balaban J connectivity index is 2.27. The van der Waals surface area contributed by atoms with Crippen molar-refractivity contribution in [3.63, 3.8) is 0 Å². The molecule has 8 heteroatoms. The maximum absolute atomic E-state index is 11.3. The smallest absolute Gasteiger partial charge is 0.223 e. The van der Waals surface area contributed by atoms with Crippen LogP contribution in [0.5, 0.6) is 5.75 Å². The molecule has 0 aliphatic carbocycles. The lowest BCUT2D eigenvalue weighted by Gasteiger charge is -2.42. The topological polar surface area (TPSA) is 125 Å². The van der Waals surface area contributed by atoms with Gasteiger partial charge in [0.25, 0.3) is 0 Å². The Morgan fingerprint density at radius 2 is 2.04 bits per heavy atom. The second kappa shape index (κ2) is 7.51. The molecule has 1 aliphatic rings. The third-order valence-corrected chi connectivity index (χ3v) is 3.54.